The number of nitrogens with one attached hydrogen (secondary N) is 1. The standard InChI is InChI=1S/C23H26N4O2/c1-15(2)12-21(28)26-18-9-5-8-17(13-18)20-10-11-24-23-19(14-25-27(20)23)22(29)16-6-3-4-7-16/h5,8-11,13-16H,3-4,6-7,12H2,1-2H3,(H,26,28). The molecule has 6 heteroatoms. The highest BCUT2D eigenvalue weighted by Crippen LogP contribution is 2.30. The van der Waals surface area contributed by atoms with E-state index in [1.54, 1.807) is 16.9 Å². The second-order valence-electron chi connectivity index (χ2n) is 8.20. The van der Waals surface area contributed by atoms with Gasteiger partial charge in [0.05, 0.1) is 17.5 Å². The number of amides is 1. The molecule has 0 radical (unpaired) electrons. The summed E-state index contributed by atoms with van der Waals surface area (Å²) in [7, 11) is 0. The lowest BCUT2D eigenvalue weighted by Gasteiger charge is -2.10. The van der Waals surface area contributed by atoms with Crippen LogP contribution < -0.4 is 5.32 Å². The fourth-order valence-corrected chi connectivity index (χ4v) is 4.03. The summed E-state index contributed by atoms with van der Waals surface area (Å²) >= 11 is 0. The number of aromatic nitrogens is 3. The molecule has 1 amide bonds. The predicted molar refractivity (Wildman–Crippen MR) is 113 cm³/mol. The number of fused-ring (bicyclic) bond motifs is 1. The van der Waals surface area contributed by atoms with Crippen LogP contribution in [0, 0.1) is 11.8 Å². The van der Waals surface area contributed by atoms with E-state index < -0.39 is 0 Å². The molecule has 0 spiro atoms. The Morgan fingerprint density at radius 2 is 2.00 bits per heavy atom. The van der Waals surface area contributed by atoms with E-state index in [4.69, 9.17) is 0 Å². The van der Waals surface area contributed by atoms with Crippen LogP contribution in [0.4, 0.5) is 5.69 Å². The van der Waals surface area contributed by atoms with Gasteiger partial charge in [-0.3, -0.25) is 9.59 Å². The number of anilines is 1. The Morgan fingerprint density at radius 3 is 2.76 bits per heavy atom. The maximum Gasteiger partial charge on any atom is 0.224 e. The second kappa shape index (κ2) is 8.15. The fourth-order valence-electron chi connectivity index (χ4n) is 4.03. The van der Waals surface area contributed by atoms with Crippen molar-refractivity contribution < 1.29 is 9.59 Å². The summed E-state index contributed by atoms with van der Waals surface area (Å²) in [5, 5.41) is 7.42. The third-order valence-corrected chi connectivity index (χ3v) is 5.43. The zero-order valence-electron chi connectivity index (χ0n) is 16.9. The van der Waals surface area contributed by atoms with Crippen molar-refractivity contribution in [1.82, 2.24) is 14.6 Å². The van der Waals surface area contributed by atoms with Crippen LogP contribution in [0.5, 0.6) is 0 Å². The fraction of sp³-hybridized carbons (Fsp3) is 0.391. The maximum atomic E-state index is 12.9. The van der Waals surface area contributed by atoms with Crippen LogP contribution in [0.25, 0.3) is 16.9 Å². The summed E-state index contributed by atoms with van der Waals surface area (Å²) in [6, 6.07) is 9.54. The molecule has 1 aliphatic rings. The molecular weight excluding hydrogens is 364 g/mol. The van der Waals surface area contributed by atoms with Crippen molar-refractivity contribution in [2.24, 2.45) is 11.8 Å². The summed E-state index contributed by atoms with van der Waals surface area (Å²) in [6.45, 7) is 4.04. The molecule has 0 atom stereocenters. The molecule has 150 valence electrons. The second-order valence-corrected chi connectivity index (χ2v) is 8.20. The molecule has 3 aromatic rings. The molecule has 1 aliphatic carbocycles. The molecule has 6 nitrogen and oxygen atoms in total. The molecule has 1 N–H and O–H groups in total. The van der Waals surface area contributed by atoms with Gasteiger partial charge in [-0.15, -0.1) is 0 Å². The minimum atomic E-state index is 0.000519. The van der Waals surface area contributed by atoms with Gasteiger partial charge < -0.3 is 5.32 Å². The Balaban J connectivity index is 1.65. The van der Waals surface area contributed by atoms with Crippen LogP contribution in [0.15, 0.2) is 42.7 Å². The summed E-state index contributed by atoms with van der Waals surface area (Å²) in [6.07, 6.45) is 7.97. The highest BCUT2D eigenvalue weighted by Gasteiger charge is 2.27. The highest BCUT2D eigenvalue weighted by atomic mass is 16.1. The number of nitrogens with zero attached hydrogens (tertiary/aromatic N) is 3. The first-order valence-corrected chi connectivity index (χ1v) is 10.3. The van der Waals surface area contributed by atoms with Crippen molar-refractivity contribution in [3.8, 4) is 11.3 Å². The summed E-state index contributed by atoms with van der Waals surface area (Å²) < 4.78 is 1.72. The van der Waals surface area contributed by atoms with E-state index in [1.165, 1.54) is 0 Å². The van der Waals surface area contributed by atoms with Crippen LogP contribution in [0.3, 0.4) is 0 Å². The minimum Gasteiger partial charge on any atom is -0.326 e. The van der Waals surface area contributed by atoms with Gasteiger partial charge in [0, 0.05) is 29.8 Å². The van der Waals surface area contributed by atoms with Crippen molar-refractivity contribution in [3.05, 3.63) is 48.3 Å². The first-order valence-electron chi connectivity index (χ1n) is 10.3. The minimum absolute atomic E-state index is 0.000519. The molecule has 2 heterocycles. The number of ketones is 1. The molecule has 0 bridgehead atoms. The lowest BCUT2D eigenvalue weighted by molar-refractivity contribution is -0.116. The Morgan fingerprint density at radius 1 is 1.21 bits per heavy atom. The average molecular weight is 390 g/mol. The molecule has 1 fully saturated rings. The summed E-state index contributed by atoms with van der Waals surface area (Å²) in [5.74, 6) is 0.545. The van der Waals surface area contributed by atoms with Crippen LogP contribution in [0.2, 0.25) is 0 Å². The first-order chi connectivity index (χ1) is 14.0. The van der Waals surface area contributed by atoms with Crippen LogP contribution in [0.1, 0.15) is 56.3 Å². The van der Waals surface area contributed by atoms with Gasteiger partial charge in [0.2, 0.25) is 5.91 Å². The van der Waals surface area contributed by atoms with Crippen molar-refractivity contribution in [1.29, 1.82) is 0 Å². The van der Waals surface area contributed by atoms with Crippen molar-refractivity contribution in [3.63, 3.8) is 0 Å². The number of carbonyl (C=O) groups excluding carboxylic acids is 2. The number of hydrogen-bond acceptors (Lipinski definition) is 4. The van der Waals surface area contributed by atoms with E-state index in [0.29, 0.717) is 23.5 Å². The SMILES string of the molecule is CC(C)CC(=O)Nc1cccc(-c2ccnc3c(C(=O)C4CCCC4)cnn23)c1. The Kier molecular flexibility index (Phi) is 5.43. The molecule has 29 heavy (non-hydrogen) atoms. The molecule has 1 aromatic carbocycles. The van der Waals surface area contributed by atoms with Gasteiger partial charge in [-0.2, -0.15) is 5.10 Å². The molecule has 0 saturated heterocycles. The Hall–Kier alpha value is -3.02. The number of benzene rings is 1. The van der Waals surface area contributed by atoms with Gasteiger partial charge in [-0.1, -0.05) is 38.8 Å². The molecule has 0 aliphatic heterocycles. The lowest BCUT2D eigenvalue weighted by atomic mass is 9.98. The van der Waals surface area contributed by atoms with Crippen molar-refractivity contribution in [2.75, 3.05) is 5.32 Å². The highest BCUT2D eigenvalue weighted by molar-refractivity contribution is 6.03. The molecule has 4 rings (SSSR count). The van der Waals surface area contributed by atoms with Crippen LogP contribution in [-0.2, 0) is 4.79 Å². The molecule has 2 aromatic heterocycles. The number of Topliss-reactive ketones (excluding diaryl/α,β-unsaturated/α-hetero) is 1. The normalized spacial score (nSPS) is 14.6. The number of hydrogen-bond donors (Lipinski definition) is 1. The summed E-state index contributed by atoms with van der Waals surface area (Å²) in [5.41, 5.74) is 3.67. The Labute approximate surface area is 170 Å². The largest absolute Gasteiger partial charge is 0.326 e. The van der Waals surface area contributed by atoms with Gasteiger partial charge >= 0.3 is 0 Å². The van der Waals surface area contributed by atoms with E-state index in [-0.39, 0.29) is 17.6 Å². The van der Waals surface area contributed by atoms with Gasteiger partial charge in [-0.25, -0.2) is 9.50 Å². The Bertz CT molecular complexity index is 1050. The summed E-state index contributed by atoms with van der Waals surface area (Å²) in [4.78, 5) is 29.4. The van der Waals surface area contributed by atoms with E-state index in [1.807, 2.05) is 44.2 Å². The van der Waals surface area contributed by atoms with Gasteiger partial charge in [0.25, 0.3) is 0 Å². The average Bonchev–Trinajstić information content (AvgIpc) is 3.37. The topological polar surface area (TPSA) is 76.4 Å². The van der Waals surface area contributed by atoms with Crippen LogP contribution in [-0.4, -0.2) is 26.3 Å². The first kappa shape index (κ1) is 19.3. The van der Waals surface area contributed by atoms with E-state index in [9.17, 15) is 9.59 Å². The maximum absolute atomic E-state index is 12.9. The molecular formula is C23H26N4O2. The zero-order chi connectivity index (χ0) is 20.4. The van der Waals surface area contributed by atoms with Gasteiger partial charge in [0.1, 0.15) is 0 Å². The van der Waals surface area contributed by atoms with E-state index >= 15 is 0 Å². The van der Waals surface area contributed by atoms with Gasteiger partial charge in [-0.05, 0) is 37.0 Å². The van der Waals surface area contributed by atoms with Crippen molar-refractivity contribution >= 4 is 23.0 Å². The smallest absolute Gasteiger partial charge is 0.224 e. The molecule has 0 unspecified atom stereocenters. The van der Waals surface area contributed by atoms with E-state index in [2.05, 4.69) is 15.4 Å². The van der Waals surface area contributed by atoms with E-state index in [0.717, 1.165) is 42.6 Å². The molecule has 1 saturated carbocycles. The van der Waals surface area contributed by atoms with Gasteiger partial charge in [0.15, 0.2) is 11.4 Å². The number of carbonyl (C=O) groups is 2. The third-order valence-electron chi connectivity index (χ3n) is 5.43. The number of rotatable bonds is 6. The lowest BCUT2D eigenvalue weighted by Crippen LogP contribution is -2.13. The van der Waals surface area contributed by atoms with Crippen molar-refractivity contribution in [2.45, 2.75) is 46.0 Å². The predicted octanol–water partition coefficient (Wildman–Crippen LogP) is 4.75. The quantitative estimate of drug-likeness (QED) is 0.616. The van der Waals surface area contributed by atoms with Crippen LogP contribution >= 0.6 is 0 Å². The monoisotopic (exact) mass is 390 g/mol. The zero-order valence-corrected chi connectivity index (χ0v) is 16.9. The third kappa shape index (κ3) is 4.06.